The number of rotatable bonds is 7. The van der Waals surface area contributed by atoms with Crippen LogP contribution in [0.1, 0.15) is 10.6 Å². The van der Waals surface area contributed by atoms with Crippen molar-refractivity contribution in [2.45, 2.75) is 13.1 Å². The van der Waals surface area contributed by atoms with Gasteiger partial charge in [0.25, 0.3) is 0 Å². The first-order valence-corrected chi connectivity index (χ1v) is 9.49. The van der Waals surface area contributed by atoms with Gasteiger partial charge in [-0.05, 0) is 29.8 Å². The van der Waals surface area contributed by atoms with E-state index in [2.05, 4.69) is 10.3 Å². The monoisotopic (exact) mass is 408 g/mol. The summed E-state index contributed by atoms with van der Waals surface area (Å²) in [6, 6.07) is 11.3. The predicted octanol–water partition coefficient (Wildman–Crippen LogP) is 5.42. The normalized spacial score (nSPS) is 10.8. The van der Waals surface area contributed by atoms with Gasteiger partial charge in [0.05, 0.1) is 19.1 Å². The van der Waals surface area contributed by atoms with E-state index >= 15 is 0 Å². The molecular weight excluding hydrogens is 391 g/mol. The van der Waals surface area contributed by atoms with Gasteiger partial charge in [0.1, 0.15) is 16.5 Å². The molecule has 26 heavy (non-hydrogen) atoms. The smallest absolute Gasteiger partial charge is 0.131 e. The maximum atomic E-state index is 6.19. The maximum absolute atomic E-state index is 6.19. The second-order valence-electron chi connectivity index (χ2n) is 5.52. The number of ether oxygens (including phenoxy) is 2. The number of thiazole rings is 1. The molecule has 0 aliphatic rings. The molecule has 0 amide bonds. The van der Waals surface area contributed by atoms with Crippen LogP contribution in [0.5, 0.6) is 11.5 Å². The van der Waals surface area contributed by atoms with Crippen molar-refractivity contribution in [2.75, 3.05) is 14.2 Å². The zero-order valence-corrected chi connectivity index (χ0v) is 16.7. The van der Waals surface area contributed by atoms with Gasteiger partial charge in [-0.1, -0.05) is 29.3 Å². The van der Waals surface area contributed by atoms with Crippen molar-refractivity contribution in [1.29, 1.82) is 0 Å². The Morgan fingerprint density at radius 2 is 1.88 bits per heavy atom. The lowest BCUT2D eigenvalue weighted by Gasteiger charge is -2.08. The van der Waals surface area contributed by atoms with Gasteiger partial charge in [-0.2, -0.15) is 0 Å². The Hall–Kier alpha value is -1.79. The second kappa shape index (κ2) is 8.73. The molecule has 0 radical (unpaired) electrons. The zero-order chi connectivity index (χ0) is 18.5. The highest BCUT2D eigenvalue weighted by atomic mass is 35.5. The van der Waals surface area contributed by atoms with Gasteiger partial charge in [0.2, 0.25) is 0 Å². The van der Waals surface area contributed by atoms with Crippen molar-refractivity contribution < 1.29 is 9.47 Å². The molecule has 0 saturated carbocycles. The third-order valence-corrected chi connectivity index (χ3v) is 5.45. The second-order valence-corrected chi connectivity index (χ2v) is 7.48. The highest BCUT2D eigenvalue weighted by molar-refractivity contribution is 7.15. The fourth-order valence-electron chi connectivity index (χ4n) is 2.49. The Morgan fingerprint density at radius 1 is 1.04 bits per heavy atom. The molecule has 0 fully saturated rings. The van der Waals surface area contributed by atoms with Gasteiger partial charge < -0.3 is 14.8 Å². The Balaban J connectivity index is 1.66. The minimum atomic E-state index is 0.636. The molecule has 0 atom stereocenters. The molecule has 0 spiro atoms. The summed E-state index contributed by atoms with van der Waals surface area (Å²) in [5.41, 5.74) is 2.00. The Bertz CT molecular complexity index is 899. The number of methoxy groups -OCH3 is 2. The summed E-state index contributed by atoms with van der Waals surface area (Å²) in [6.07, 6.45) is 1.86. The molecule has 0 aliphatic carbocycles. The minimum Gasteiger partial charge on any atom is -0.497 e. The molecule has 0 saturated heterocycles. The summed E-state index contributed by atoms with van der Waals surface area (Å²) in [6.45, 7) is 1.30. The van der Waals surface area contributed by atoms with E-state index in [1.54, 1.807) is 31.6 Å². The molecule has 136 valence electrons. The summed E-state index contributed by atoms with van der Waals surface area (Å²) in [4.78, 5) is 5.54. The molecule has 0 aliphatic heterocycles. The molecule has 4 nitrogen and oxygen atoms in total. The fourth-order valence-corrected chi connectivity index (χ4v) is 3.88. The number of nitrogens with one attached hydrogen (secondary N) is 1. The quantitative estimate of drug-likeness (QED) is 0.566. The van der Waals surface area contributed by atoms with Crippen molar-refractivity contribution in [2.24, 2.45) is 0 Å². The lowest BCUT2D eigenvalue weighted by atomic mass is 10.1. The first kappa shape index (κ1) is 19.0. The Kier molecular flexibility index (Phi) is 6.38. The SMILES string of the molecule is COc1ccc(-c2cnc(CNCc3ccc(Cl)cc3Cl)s2)c(OC)c1. The Morgan fingerprint density at radius 3 is 2.62 bits per heavy atom. The number of hydrogen-bond donors (Lipinski definition) is 1. The van der Waals surface area contributed by atoms with Gasteiger partial charge in [-0.25, -0.2) is 4.98 Å². The number of nitrogens with zero attached hydrogens (tertiary/aromatic N) is 1. The van der Waals surface area contributed by atoms with Crippen LogP contribution in [0, 0.1) is 0 Å². The van der Waals surface area contributed by atoms with Crippen LogP contribution in [0.3, 0.4) is 0 Å². The fraction of sp³-hybridized carbons (Fsp3) is 0.211. The molecule has 1 aromatic heterocycles. The number of aromatic nitrogens is 1. The third-order valence-electron chi connectivity index (χ3n) is 3.83. The molecule has 7 heteroatoms. The van der Waals surface area contributed by atoms with Crippen LogP contribution < -0.4 is 14.8 Å². The van der Waals surface area contributed by atoms with E-state index in [1.165, 1.54) is 0 Å². The van der Waals surface area contributed by atoms with Crippen LogP contribution in [-0.2, 0) is 13.1 Å². The molecule has 3 aromatic rings. The van der Waals surface area contributed by atoms with E-state index in [0.717, 1.165) is 32.5 Å². The number of halogens is 2. The predicted molar refractivity (Wildman–Crippen MR) is 108 cm³/mol. The lowest BCUT2D eigenvalue weighted by Crippen LogP contribution is -2.12. The summed E-state index contributed by atoms with van der Waals surface area (Å²) in [5, 5.41) is 5.64. The van der Waals surface area contributed by atoms with Crippen LogP contribution in [0.15, 0.2) is 42.6 Å². The van der Waals surface area contributed by atoms with Crippen molar-refractivity contribution in [3.05, 3.63) is 63.2 Å². The molecule has 3 rings (SSSR count). The van der Waals surface area contributed by atoms with Gasteiger partial charge in [-0.3, -0.25) is 0 Å². The largest absolute Gasteiger partial charge is 0.497 e. The van der Waals surface area contributed by atoms with E-state index in [1.807, 2.05) is 36.5 Å². The average Bonchev–Trinajstić information content (AvgIpc) is 3.11. The van der Waals surface area contributed by atoms with E-state index < -0.39 is 0 Å². The van der Waals surface area contributed by atoms with Gasteiger partial charge in [0, 0.05) is 41.0 Å². The summed E-state index contributed by atoms with van der Waals surface area (Å²) in [5.74, 6) is 1.53. The van der Waals surface area contributed by atoms with Crippen molar-refractivity contribution in [3.8, 4) is 21.9 Å². The summed E-state index contributed by atoms with van der Waals surface area (Å²) >= 11 is 13.7. The minimum absolute atomic E-state index is 0.636. The topological polar surface area (TPSA) is 43.4 Å². The zero-order valence-electron chi connectivity index (χ0n) is 14.4. The highest BCUT2D eigenvalue weighted by Crippen LogP contribution is 2.36. The summed E-state index contributed by atoms with van der Waals surface area (Å²) < 4.78 is 10.7. The average molecular weight is 409 g/mol. The van der Waals surface area contributed by atoms with Crippen molar-refractivity contribution in [1.82, 2.24) is 10.3 Å². The molecule has 0 bridgehead atoms. The van der Waals surface area contributed by atoms with E-state index in [0.29, 0.717) is 23.1 Å². The van der Waals surface area contributed by atoms with Gasteiger partial charge in [0.15, 0.2) is 0 Å². The maximum Gasteiger partial charge on any atom is 0.131 e. The molecule has 2 aromatic carbocycles. The van der Waals surface area contributed by atoms with Crippen LogP contribution >= 0.6 is 34.5 Å². The first-order valence-electron chi connectivity index (χ1n) is 7.92. The van der Waals surface area contributed by atoms with Gasteiger partial charge >= 0.3 is 0 Å². The van der Waals surface area contributed by atoms with Crippen LogP contribution in [0.2, 0.25) is 10.0 Å². The highest BCUT2D eigenvalue weighted by Gasteiger charge is 2.11. The first-order chi connectivity index (χ1) is 12.6. The standard InChI is InChI=1S/C19H18Cl2N2O2S/c1-24-14-5-6-15(17(8-14)25-2)18-10-23-19(26-18)11-22-9-12-3-4-13(20)7-16(12)21/h3-8,10,22H,9,11H2,1-2H3. The Labute approximate surface area is 166 Å². The molecular formula is C19H18Cl2N2O2S. The van der Waals surface area contributed by atoms with Crippen LogP contribution in [-0.4, -0.2) is 19.2 Å². The van der Waals surface area contributed by atoms with E-state index in [9.17, 15) is 0 Å². The van der Waals surface area contributed by atoms with Crippen molar-refractivity contribution in [3.63, 3.8) is 0 Å². The van der Waals surface area contributed by atoms with Gasteiger partial charge in [-0.15, -0.1) is 11.3 Å². The van der Waals surface area contributed by atoms with Crippen LogP contribution in [0.4, 0.5) is 0 Å². The molecule has 1 N–H and O–H groups in total. The van der Waals surface area contributed by atoms with E-state index in [-0.39, 0.29) is 0 Å². The lowest BCUT2D eigenvalue weighted by molar-refractivity contribution is 0.395. The third kappa shape index (κ3) is 4.48. The van der Waals surface area contributed by atoms with Crippen molar-refractivity contribution >= 4 is 34.5 Å². The van der Waals surface area contributed by atoms with E-state index in [4.69, 9.17) is 32.7 Å². The number of benzene rings is 2. The summed E-state index contributed by atoms with van der Waals surface area (Å²) in [7, 11) is 3.29. The van der Waals surface area contributed by atoms with Crippen LogP contribution in [0.25, 0.3) is 10.4 Å². The molecule has 0 unspecified atom stereocenters. The number of hydrogen-bond acceptors (Lipinski definition) is 5. The molecule has 1 heterocycles.